The van der Waals surface area contributed by atoms with Crippen molar-refractivity contribution >= 4 is 11.9 Å². The summed E-state index contributed by atoms with van der Waals surface area (Å²) in [7, 11) is 1.54. The zero-order valence-corrected chi connectivity index (χ0v) is 15.7. The molecular formula is C20H27NO6. The summed E-state index contributed by atoms with van der Waals surface area (Å²) in [6.07, 6.45) is 5.38. The molecule has 0 radical (unpaired) electrons. The largest absolute Gasteiger partial charge is 0.493 e. The van der Waals surface area contributed by atoms with Gasteiger partial charge in [0.2, 0.25) is 0 Å². The van der Waals surface area contributed by atoms with Crippen LogP contribution in [-0.2, 0) is 9.53 Å². The van der Waals surface area contributed by atoms with Crippen LogP contribution in [0.1, 0.15) is 48.9 Å². The van der Waals surface area contributed by atoms with Gasteiger partial charge in [0.15, 0.2) is 11.5 Å². The number of methoxy groups -OCH3 is 1. The minimum Gasteiger partial charge on any atom is -0.493 e. The van der Waals surface area contributed by atoms with E-state index in [9.17, 15) is 14.7 Å². The molecule has 7 nitrogen and oxygen atoms in total. The average Bonchev–Trinajstić information content (AvgIpc) is 3.20. The summed E-state index contributed by atoms with van der Waals surface area (Å²) in [4.78, 5) is 24.2. The number of benzene rings is 1. The van der Waals surface area contributed by atoms with E-state index in [1.807, 2.05) is 0 Å². The second-order valence-electron chi connectivity index (χ2n) is 7.27. The maximum absolute atomic E-state index is 12.5. The maximum atomic E-state index is 12.5. The minimum atomic E-state index is -0.969. The van der Waals surface area contributed by atoms with Gasteiger partial charge in [-0.1, -0.05) is 0 Å². The third-order valence-corrected chi connectivity index (χ3v) is 5.51. The summed E-state index contributed by atoms with van der Waals surface area (Å²) in [5.74, 6) is -0.0854. The number of ether oxygens (including phenoxy) is 3. The van der Waals surface area contributed by atoms with Crippen LogP contribution in [0.5, 0.6) is 11.5 Å². The molecule has 1 heterocycles. The van der Waals surface area contributed by atoms with Crippen molar-refractivity contribution in [1.29, 1.82) is 0 Å². The van der Waals surface area contributed by atoms with E-state index < -0.39 is 11.4 Å². The quantitative estimate of drug-likeness (QED) is 0.759. The molecule has 1 aliphatic carbocycles. The van der Waals surface area contributed by atoms with Gasteiger partial charge in [-0.15, -0.1) is 0 Å². The molecule has 1 aromatic carbocycles. The number of carbonyl (C=O) groups excluding carboxylic acids is 1. The fourth-order valence-electron chi connectivity index (χ4n) is 3.67. The van der Waals surface area contributed by atoms with E-state index in [0.717, 1.165) is 12.8 Å². The lowest BCUT2D eigenvalue weighted by atomic mass is 9.80. The monoisotopic (exact) mass is 377 g/mol. The molecule has 2 aliphatic rings. The second kappa shape index (κ2) is 8.61. The smallest absolute Gasteiger partial charge is 0.311 e. The lowest BCUT2D eigenvalue weighted by Gasteiger charge is -2.33. The van der Waals surface area contributed by atoms with Gasteiger partial charge in [0.25, 0.3) is 5.91 Å². The summed E-state index contributed by atoms with van der Waals surface area (Å²) in [5, 5.41) is 12.3. The lowest BCUT2D eigenvalue weighted by molar-refractivity contribution is -0.154. The zero-order chi connectivity index (χ0) is 19.3. The Balaban J connectivity index is 1.66. The number of nitrogens with one attached hydrogen (secondary N) is 1. The topological polar surface area (TPSA) is 94.1 Å². The van der Waals surface area contributed by atoms with Gasteiger partial charge in [0.05, 0.1) is 18.6 Å². The highest BCUT2D eigenvalue weighted by Gasteiger charge is 2.40. The van der Waals surface area contributed by atoms with E-state index in [0.29, 0.717) is 43.1 Å². The van der Waals surface area contributed by atoms with Gasteiger partial charge in [-0.05, 0) is 56.7 Å². The molecule has 0 spiro atoms. The Hall–Kier alpha value is -2.28. The molecule has 2 fully saturated rings. The SMILES string of the molecule is COc1cc(C(=O)NCC2(C(=O)O)CCOCC2)ccc1OC1CCCC1. The molecular weight excluding hydrogens is 350 g/mol. The highest BCUT2D eigenvalue weighted by atomic mass is 16.5. The molecule has 2 N–H and O–H groups in total. The van der Waals surface area contributed by atoms with Crippen molar-refractivity contribution in [2.45, 2.75) is 44.6 Å². The van der Waals surface area contributed by atoms with Crippen LogP contribution >= 0.6 is 0 Å². The van der Waals surface area contributed by atoms with E-state index in [1.54, 1.807) is 25.3 Å². The van der Waals surface area contributed by atoms with Gasteiger partial charge >= 0.3 is 5.97 Å². The molecule has 148 valence electrons. The number of carbonyl (C=O) groups is 2. The summed E-state index contributed by atoms with van der Waals surface area (Å²) in [6, 6.07) is 5.06. The van der Waals surface area contributed by atoms with Crippen molar-refractivity contribution < 1.29 is 28.9 Å². The first kappa shape index (κ1) is 19.5. The zero-order valence-electron chi connectivity index (χ0n) is 15.7. The molecule has 1 saturated carbocycles. The van der Waals surface area contributed by atoms with E-state index in [-0.39, 0.29) is 18.6 Å². The van der Waals surface area contributed by atoms with Crippen LogP contribution in [0.25, 0.3) is 0 Å². The van der Waals surface area contributed by atoms with Crippen LogP contribution in [0.2, 0.25) is 0 Å². The van der Waals surface area contributed by atoms with Crippen molar-refractivity contribution in [2.24, 2.45) is 5.41 Å². The van der Waals surface area contributed by atoms with Crippen molar-refractivity contribution in [3.63, 3.8) is 0 Å². The average molecular weight is 377 g/mol. The van der Waals surface area contributed by atoms with Crippen LogP contribution in [0, 0.1) is 5.41 Å². The Morgan fingerprint density at radius 3 is 2.56 bits per heavy atom. The highest BCUT2D eigenvalue weighted by Crippen LogP contribution is 2.33. The van der Waals surface area contributed by atoms with Crippen LogP contribution in [0.4, 0.5) is 0 Å². The number of aliphatic carboxylic acids is 1. The van der Waals surface area contributed by atoms with Gasteiger partial charge in [0, 0.05) is 25.3 Å². The summed E-state index contributed by atoms with van der Waals surface area (Å²) < 4.78 is 16.6. The standard InChI is InChI=1S/C20H27NO6/c1-25-17-12-14(6-7-16(17)27-15-4-2-3-5-15)18(22)21-13-20(19(23)24)8-10-26-11-9-20/h6-7,12,15H,2-5,8-11,13H2,1H3,(H,21,22)(H,23,24). The Morgan fingerprint density at radius 2 is 1.93 bits per heavy atom. The Kier molecular flexibility index (Phi) is 6.21. The van der Waals surface area contributed by atoms with Crippen LogP contribution in [0.3, 0.4) is 0 Å². The highest BCUT2D eigenvalue weighted by molar-refractivity contribution is 5.95. The molecule has 27 heavy (non-hydrogen) atoms. The molecule has 0 atom stereocenters. The molecule has 3 rings (SSSR count). The number of hydrogen-bond donors (Lipinski definition) is 2. The van der Waals surface area contributed by atoms with Crippen molar-refractivity contribution in [3.05, 3.63) is 23.8 Å². The molecule has 0 unspecified atom stereocenters. The first-order valence-corrected chi connectivity index (χ1v) is 9.48. The lowest BCUT2D eigenvalue weighted by Crippen LogP contribution is -2.46. The van der Waals surface area contributed by atoms with E-state index in [1.165, 1.54) is 12.8 Å². The van der Waals surface area contributed by atoms with E-state index >= 15 is 0 Å². The van der Waals surface area contributed by atoms with Crippen LogP contribution in [-0.4, -0.2) is 50.0 Å². The normalized spacial score (nSPS) is 19.4. The van der Waals surface area contributed by atoms with Crippen molar-refractivity contribution in [3.8, 4) is 11.5 Å². The van der Waals surface area contributed by atoms with Gasteiger partial charge in [-0.3, -0.25) is 9.59 Å². The number of carboxylic acids is 1. The predicted molar refractivity (Wildman–Crippen MR) is 98.3 cm³/mol. The number of amides is 1. The molecule has 1 saturated heterocycles. The second-order valence-corrected chi connectivity index (χ2v) is 7.27. The first-order chi connectivity index (χ1) is 13.0. The fraction of sp³-hybridized carbons (Fsp3) is 0.600. The van der Waals surface area contributed by atoms with Gasteiger partial charge < -0.3 is 24.6 Å². The first-order valence-electron chi connectivity index (χ1n) is 9.48. The summed E-state index contributed by atoms with van der Waals surface area (Å²) >= 11 is 0. The molecule has 0 bridgehead atoms. The predicted octanol–water partition coefficient (Wildman–Crippen LogP) is 2.63. The molecule has 0 aromatic heterocycles. The summed E-state index contributed by atoms with van der Waals surface area (Å²) in [6.45, 7) is 0.861. The Morgan fingerprint density at radius 1 is 1.22 bits per heavy atom. The third-order valence-electron chi connectivity index (χ3n) is 5.51. The molecule has 7 heteroatoms. The van der Waals surface area contributed by atoms with Crippen LogP contribution < -0.4 is 14.8 Å². The van der Waals surface area contributed by atoms with Crippen molar-refractivity contribution in [2.75, 3.05) is 26.9 Å². The van der Waals surface area contributed by atoms with Gasteiger partial charge in [-0.25, -0.2) is 0 Å². The summed E-state index contributed by atoms with van der Waals surface area (Å²) in [5.41, 5.74) is -0.554. The Labute approximate surface area is 159 Å². The molecule has 1 amide bonds. The van der Waals surface area contributed by atoms with E-state index in [4.69, 9.17) is 14.2 Å². The fourth-order valence-corrected chi connectivity index (χ4v) is 3.67. The molecule has 1 aliphatic heterocycles. The van der Waals surface area contributed by atoms with Crippen LogP contribution in [0.15, 0.2) is 18.2 Å². The van der Waals surface area contributed by atoms with E-state index in [2.05, 4.69) is 5.32 Å². The Bertz CT molecular complexity index is 677. The van der Waals surface area contributed by atoms with Gasteiger partial charge in [0.1, 0.15) is 0 Å². The third kappa shape index (κ3) is 4.53. The minimum absolute atomic E-state index is 0.0766. The number of carboxylic acid groups (broad SMARTS) is 1. The maximum Gasteiger partial charge on any atom is 0.311 e. The van der Waals surface area contributed by atoms with Gasteiger partial charge in [-0.2, -0.15) is 0 Å². The number of rotatable bonds is 7. The molecule has 1 aromatic rings. The number of hydrogen-bond acceptors (Lipinski definition) is 5. The van der Waals surface area contributed by atoms with Crippen molar-refractivity contribution in [1.82, 2.24) is 5.32 Å².